The monoisotopic (exact) mass is 389 g/mol. The summed E-state index contributed by atoms with van der Waals surface area (Å²) in [5.41, 5.74) is 8.41. The van der Waals surface area contributed by atoms with E-state index in [0.717, 1.165) is 28.6 Å². The van der Waals surface area contributed by atoms with Gasteiger partial charge in [0, 0.05) is 17.1 Å². The van der Waals surface area contributed by atoms with Crippen LogP contribution in [0.25, 0.3) is 10.2 Å². The van der Waals surface area contributed by atoms with Crippen molar-refractivity contribution in [3.05, 3.63) is 46.1 Å². The summed E-state index contributed by atoms with van der Waals surface area (Å²) in [6, 6.07) is 6.48. The number of fused-ring (bicyclic) bond motifs is 3. The lowest BCUT2D eigenvalue weighted by Gasteiger charge is -2.33. The van der Waals surface area contributed by atoms with E-state index in [1.807, 2.05) is 0 Å². The maximum atomic E-state index is 13.0. The molecule has 0 saturated carbocycles. The highest BCUT2D eigenvalue weighted by atomic mass is 32.2. The van der Waals surface area contributed by atoms with E-state index in [0.29, 0.717) is 23.3 Å². The maximum Gasteiger partial charge on any atom is 0.191 e. The Morgan fingerprint density at radius 1 is 1.31 bits per heavy atom. The molecule has 4 nitrogen and oxygen atoms in total. The lowest BCUT2D eigenvalue weighted by Crippen LogP contribution is -2.33. The molecule has 0 radical (unpaired) electrons. The van der Waals surface area contributed by atoms with E-state index >= 15 is 0 Å². The molecular weight excluding hydrogens is 369 g/mol. The van der Waals surface area contributed by atoms with Crippen LogP contribution in [0.5, 0.6) is 0 Å². The van der Waals surface area contributed by atoms with Gasteiger partial charge >= 0.3 is 0 Å². The Morgan fingerprint density at radius 2 is 2.08 bits per heavy atom. The van der Waals surface area contributed by atoms with Gasteiger partial charge in [-0.2, -0.15) is 0 Å². The molecule has 1 aliphatic rings. The highest BCUT2D eigenvalue weighted by Gasteiger charge is 2.32. The van der Waals surface area contributed by atoms with Crippen molar-refractivity contribution < 1.29 is 9.13 Å². The Morgan fingerprint density at radius 3 is 2.81 bits per heavy atom. The highest BCUT2D eigenvalue weighted by molar-refractivity contribution is 7.98. The Hall–Kier alpha value is -1.70. The Bertz CT molecular complexity index is 958. The number of nitrogen functional groups attached to an aromatic ring is 1. The van der Waals surface area contributed by atoms with Gasteiger partial charge in [-0.3, -0.25) is 0 Å². The van der Waals surface area contributed by atoms with Crippen molar-refractivity contribution in [2.24, 2.45) is 0 Å². The van der Waals surface area contributed by atoms with Crippen molar-refractivity contribution in [2.45, 2.75) is 49.8 Å². The van der Waals surface area contributed by atoms with Gasteiger partial charge in [0.1, 0.15) is 16.5 Å². The number of aromatic nitrogens is 2. The van der Waals surface area contributed by atoms with Gasteiger partial charge in [0.05, 0.1) is 17.6 Å². The summed E-state index contributed by atoms with van der Waals surface area (Å²) in [6.45, 7) is 4.89. The first-order chi connectivity index (χ1) is 12.5. The number of halogens is 1. The van der Waals surface area contributed by atoms with Crippen molar-refractivity contribution in [2.75, 3.05) is 5.73 Å². The van der Waals surface area contributed by atoms with Crippen molar-refractivity contribution in [1.82, 2.24) is 9.97 Å². The molecule has 2 aromatic heterocycles. The molecule has 3 aromatic rings. The number of hydrogen-bond donors (Lipinski definition) is 1. The van der Waals surface area contributed by atoms with Crippen LogP contribution in [0.2, 0.25) is 0 Å². The highest BCUT2D eigenvalue weighted by Crippen LogP contribution is 2.41. The van der Waals surface area contributed by atoms with Crippen LogP contribution in [0.4, 0.5) is 10.2 Å². The molecule has 4 rings (SSSR count). The van der Waals surface area contributed by atoms with Crippen LogP contribution in [-0.4, -0.2) is 15.6 Å². The molecule has 0 amide bonds. The molecule has 1 aromatic carbocycles. The van der Waals surface area contributed by atoms with Crippen molar-refractivity contribution in [3.63, 3.8) is 0 Å². The SMILES string of the molecule is CCC1(C)Cc2c(sc3nc(SCc4ccc(F)cc4)nc(N)c23)CO1. The number of ether oxygens (including phenoxy) is 1. The molecule has 1 unspecified atom stereocenters. The van der Waals surface area contributed by atoms with Gasteiger partial charge in [-0.15, -0.1) is 11.3 Å². The molecule has 1 aliphatic heterocycles. The van der Waals surface area contributed by atoms with Crippen molar-refractivity contribution >= 4 is 39.1 Å². The third kappa shape index (κ3) is 3.31. The van der Waals surface area contributed by atoms with Crippen LogP contribution < -0.4 is 5.73 Å². The summed E-state index contributed by atoms with van der Waals surface area (Å²) in [6.07, 6.45) is 1.80. The van der Waals surface area contributed by atoms with Crippen LogP contribution in [0.15, 0.2) is 29.4 Å². The number of thiophene rings is 1. The molecule has 0 spiro atoms. The summed E-state index contributed by atoms with van der Waals surface area (Å²) < 4.78 is 19.1. The molecule has 3 heterocycles. The van der Waals surface area contributed by atoms with E-state index in [2.05, 4.69) is 18.8 Å². The molecule has 26 heavy (non-hydrogen) atoms. The fourth-order valence-electron chi connectivity index (χ4n) is 3.10. The molecule has 0 aliphatic carbocycles. The first kappa shape index (κ1) is 17.7. The van der Waals surface area contributed by atoms with E-state index in [1.54, 1.807) is 23.5 Å². The molecular formula is C19H20FN3OS2. The second kappa shape index (κ2) is 6.79. The van der Waals surface area contributed by atoms with Gasteiger partial charge in [-0.05, 0) is 36.6 Å². The molecule has 0 saturated heterocycles. The minimum absolute atomic E-state index is 0.149. The predicted molar refractivity (Wildman–Crippen MR) is 105 cm³/mol. The van der Waals surface area contributed by atoms with E-state index in [9.17, 15) is 4.39 Å². The number of rotatable bonds is 4. The quantitative estimate of drug-likeness (QED) is 0.505. The largest absolute Gasteiger partial charge is 0.383 e. The van der Waals surface area contributed by atoms with Crippen LogP contribution >= 0.6 is 23.1 Å². The Balaban J connectivity index is 1.62. The standard InChI is InChI=1S/C19H20FN3OS2/c1-3-19(2)8-13-14(9-24-19)26-17-15(13)16(21)22-18(23-17)25-10-11-4-6-12(20)7-5-11/h4-7H,3,8-10H2,1-2H3,(H2,21,22,23). The van der Waals surface area contributed by atoms with Gasteiger partial charge in [-0.1, -0.05) is 30.8 Å². The van der Waals surface area contributed by atoms with Gasteiger partial charge in [0.2, 0.25) is 0 Å². The fraction of sp³-hybridized carbons (Fsp3) is 0.368. The van der Waals surface area contributed by atoms with Crippen LogP contribution in [-0.2, 0) is 23.5 Å². The Kier molecular flexibility index (Phi) is 4.62. The zero-order valence-electron chi connectivity index (χ0n) is 14.7. The number of benzene rings is 1. The topological polar surface area (TPSA) is 61.0 Å². The average molecular weight is 390 g/mol. The van der Waals surface area contributed by atoms with E-state index in [4.69, 9.17) is 15.5 Å². The molecule has 7 heteroatoms. The zero-order valence-corrected chi connectivity index (χ0v) is 16.3. The summed E-state index contributed by atoms with van der Waals surface area (Å²) in [4.78, 5) is 11.3. The normalized spacial score (nSPS) is 19.7. The van der Waals surface area contributed by atoms with E-state index < -0.39 is 0 Å². The minimum atomic E-state index is -0.230. The Labute approximate surface area is 160 Å². The first-order valence-electron chi connectivity index (χ1n) is 8.56. The second-order valence-electron chi connectivity index (χ2n) is 6.76. The number of anilines is 1. The number of hydrogen-bond acceptors (Lipinski definition) is 6. The van der Waals surface area contributed by atoms with E-state index in [-0.39, 0.29) is 11.4 Å². The third-order valence-electron chi connectivity index (χ3n) is 4.87. The molecule has 1 atom stereocenters. The van der Waals surface area contributed by atoms with Gasteiger partial charge < -0.3 is 10.5 Å². The summed E-state index contributed by atoms with van der Waals surface area (Å²) in [5, 5.41) is 1.64. The van der Waals surface area contributed by atoms with Crippen molar-refractivity contribution in [3.8, 4) is 0 Å². The van der Waals surface area contributed by atoms with E-state index in [1.165, 1.54) is 34.3 Å². The maximum absolute atomic E-state index is 13.0. The zero-order chi connectivity index (χ0) is 18.3. The lowest BCUT2D eigenvalue weighted by atomic mass is 9.90. The van der Waals surface area contributed by atoms with Crippen LogP contribution in [0, 0.1) is 5.82 Å². The molecule has 0 bridgehead atoms. The number of nitrogens with zero attached hydrogens (tertiary/aromatic N) is 2. The third-order valence-corrected chi connectivity index (χ3v) is 6.89. The number of thioether (sulfide) groups is 1. The molecule has 136 valence electrons. The molecule has 2 N–H and O–H groups in total. The average Bonchev–Trinajstić information content (AvgIpc) is 2.99. The molecule has 0 fully saturated rings. The smallest absolute Gasteiger partial charge is 0.191 e. The lowest BCUT2D eigenvalue weighted by molar-refractivity contribution is -0.0542. The number of nitrogens with two attached hydrogens (primary N) is 1. The van der Waals surface area contributed by atoms with Gasteiger partial charge in [0.25, 0.3) is 0 Å². The summed E-state index contributed by atoms with van der Waals surface area (Å²) in [5.74, 6) is 0.980. The first-order valence-corrected chi connectivity index (χ1v) is 10.4. The predicted octanol–water partition coefficient (Wildman–Crippen LogP) is 4.95. The van der Waals surface area contributed by atoms with Crippen molar-refractivity contribution in [1.29, 1.82) is 0 Å². The van der Waals surface area contributed by atoms with Crippen LogP contribution in [0.1, 0.15) is 36.3 Å². The summed E-state index contributed by atoms with van der Waals surface area (Å²) in [7, 11) is 0. The van der Waals surface area contributed by atoms with Gasteiger partial charge in [0.15, 0.2) is 5.16 Å². The van der Waals surface area contributed by atoms with Gasteiger partial charge in [-0.25, -0.2) is 14.4 Å². The minimum Gasteiger partial charge on any atom is -0.383 e. The fourth-order valence-corrected chi connectivity index (χ4v) is 5.08. The second-order valence-corrected chi connectivity index (χ2v) is 8.79. The summed E-state index contributed by atoms with van der Waals surface area (Å²) >= 11 is 3.15. The van der Waals surface area contributed by atoms with Crippen LogP contribution in [0.3, 0.4) is 0 Å².